The van der Waals surface area contributed by atoms with Gasteiger partial charge in [-0.05, 0) is 24.5 Å². The molecule has 0 aliphatic carbocycles. The second-order valence-corrected chi connectivity index (χ2v) is 5.29. The van der Waals surface area contributed by atoms with E-state index >= 15 is 0 Å². The van der Waals surface area contributed by atoms with E-state index in [1.807, 2.05) is 12.5 Å². The molecule has 1 aromatic heterocycles. The van der Waals surface area contributed by atoms with E-state index in [1.165, 1.54) is 16.8 Å². The Morgan fingerprint density at radius 1 is 1.26 bits per heavy atom. The second-order valence-electron chi connectivity index (χ2n) is 5.29. The zero-order chi connectivity index (χ0) is 13.7. The number of imidazole rings is 1. The van der Waals surface area contributed by atoms with Crippen molar-refractivity contribution in [1.82, 2.24) is 14.9 Å². The molecule has 102 valence electrons. The van der Waals surface area contributed by atoms with Crippen molar-refractivity contribution in [3.05, 3.63) is 53.6 Å². The Morgan fingerprint density at radius 2 is 2.05 bits per heavy atom. The summed E-state index contributed by atoms with van der Waals surface area (Å²) >= 11 is 0. The van der Waals surface area contributed by atoms with Crippen LogP contribution in [0.3, 0.4) is 0 Å². The maximum atomic E-state index is 4.26. The van der Waals surface area contributed by atoms with Gasteiger partial charge in [0.1, 0.15) is 0 Å². The Kier molecular flexibility index (Phi) is 4.74. The van der Waals surface area contributed by atoms with Gasteiger partial charge in [-0.2, -0.15) is 0 Å². The van der Waals surface area contributed by atoms with Gasteiger partial charge in [0.2, 0.25) is 0 Å². The maximum Gasteiger partial charge on any atom is 0.0948 e. The Balaban J connectivity index is 1.96. The predicted molar refractivity (Wildman–Crippen MR) is 79.1 cm³/mol. The smallest absolute Gasteiger partial charge is 0.0948 e. The van der Waals surface area contributed by atoms with E-state index in [0.29, 0.717) is 6.04 Å². The molecule has 3 nitrogen and oxygen atoms in total. The van der Waals surface area contributed by atoms with E-state index in [2.05, 4.69) is 59.9 Å². The van der Waals surface area contributed by atoms with Gasteiger partial charge >= 0.3 is 0 Å². The Labute approximate surface area is 115 Å². The summed E-state index contributed by atoms with van der Waals surface area (Å²) in [5.74, 6) is 0. The van der Waals surface area contributed by atoms with Crippen molar-refractivity contribution in [2.75, 3.05) is 0 Å². The summed E-state index contributed by atoms with van der Waals surface area (Å²) < 4.78 is 2.24. The van der Waals surface area contributed by atoms with Crippen molar-refractivity contribution in [3.63, 3.8) is 0 Å². The van der Waals surface area contributed by atoms with Crippen molar-refractivity contribution in [1.29, 1.82) is 0 Å². The molecule has 0 radical (unpaired) electrons. The van der Waals surface area contributed by atoms with Crippen LogP contribution >= 0.6 is 0 Å². The van der Waals surface area contributed by atoms with Crippen LogP contribution < -0.4 is 5.32 Å². The molecule has 2 aromatic rings. The Morgan fingerprint density at radius 3 is 2.79 bits per heavy atom. The average molecular weight is 257 g/mol. The molecule has 1 heterocycles. The topological polar surface area (TPSA) is 29.9 Å². The fourth-order valence-corrected chi connectivity index (χ4v) is 2.14. The van der Waals surface area contributed by atoms with Crippen LogP contribution in [0.2, 0.25) is 0 Å². The van der Waals surface area contributed by atoms with Crippen LogP contribution in [-0.4, -0.2) is 15.6 Å². The van der Waals surface area contributed by atoms with Crippen molar-refractivity contribution < 1.29 is 0 Å². The first-order chi connectivity index (χ1) is 9.16. The number of hydrogen-bond donors (Lipinski definition) is 1. The molecule has 0 aliphatic heterocycles. The zero-order valence-electron chi connectivity index (χ0n) is 12.1. The lowest BCUT2D eigenvalue weighted by molar-refractivity contribution is 0.554. The molecule has 0 spiro atoms. The third-order valence-electron chi connectivity index (χ3n) is 3.37. The van der Waals surface area contributed by atoms with Gasteiger partial charge in [-0.25, -0.2) is 4.98 Å². The molecular formula is C16H23N3. The first-order valence-corrected chi connectivity index (χ1v) is 6.93. The summed E-state index contributed by atoms with van der Waals surface area (Å²) in [5.41, 5.74) is 4.03. The molecule has 1 aromatic carbocycles. The van der Waals surface area contributed by atoms with Crippen molar-refractivity contribution >= 4 is 0 Å². The number of hydrogen-bond acceptors (Lipinski definition) is 2. The highest BCUT2D eigenvalue weighted by molar-refractivity contribution is 5.25. The second kappa shape index (κ2) is 6.53. The van der Waals surface area contributed by atoms with E-state index < -0.39 is 0 Å². The summed E-state index contributed by atoms with van der Waals surface area (Å²) in [7, 11) is 0. The molecule has 0 bridgehead atoms. The summed E-state index contributed by atoms with van der Waals surface area (Å²) in [6.45, 7) is 8.36. The minimum absolute atomic E-state index is 0.500. The number of nitrogens with one attached hydrogen (secondary N) is 1. The molecule has 19 heavy (non-hydrogen) atoms. The van der Waals surface area contributed by atoms with E-state index in [-0.39, 0.29) is 0 Å². The lowest BCUT2D eigenvalue weighted by Crippen LogP contribution is -2.23. The van der Waals surface area contributed by atoms with Gasteiger partial charge in [0.25, 0.3) is 0 Å². The minimum Gasteiger partial charge on any atom is -0.333 e. The van der Waals surface area contributed by atoms with Crippen molar-refractivity contribution in [2.24, 2.45) is 0 Å². The van der Waals surface area contributed by atoms with E-state index in [1.54, 1.807) is 0 Å². The third kappa shape index (κ3) is 3.93. The number of aromatic nitrogens is 2. The first kappa shape index (κ1) is 13.8. The van der Waals surface area contributed by atoms with Gasteiger partial charge in [-0.15, -0.1) is 0 Å². The van der Waals surface area contributed by atoms with Crippen LogP contribution in [0.1, 0.15) is 30.7 Å². The molecule has 0 unspecified atom stereocenters. The average Bonchev–Trinajstić information content (AvgIpc) is 2.83. The molecule has 1 N–H and O–H groups in total. The van der Waals surface area contributed by atoms with E-state index in [4.69, 9.17) is 0 Å². The monoisotopic (exact) mass is 257 g/mol. The van der Waals surface area contributed by atoms with E-state index in [0.717, 1.165) is 19.5 Å². The van der Waals surface area contributed by atoms with Gasteiger partial charge in [0, 0.05) is 25.3 Å². The largest absolute Gasteiger partial charge is 0.333 e. The van der Waals surface area contributed by atoms with Crippen LogP contribution in [0.15, 0.2) is 36.8 Å². The van der Waals surface area contributed by atoms with Crippen molar-refractivity contribution in [2.45, 2.75) is 46.3 Å². The van der Waals surface area contributed by atoms with Crippen LogP contribution in [-0.2, 0) is 19.5 Å². The van der Waals surface area contributed by atoms with Crippen LogP contribution in [0.4, 0.5) is 0 Å². The van der Waals surface area contributed by atoms with Crippen LogP contribution in [0.5, 0.6) is 0 Å². The number of rotatable bonds is 6. The summed E-state index contributed by atoms with van der Waals surface area (Å²) in [6, 6.07) is 9.08. The highest BCUT2D eigenvalue weighted by atomic mass is 15.1. The molecule has 0 aliphatic rings. The standard InChI is InChI=1S/C16H23N3/c1-13(2)18-11-16-10-17-12-19(16)9-8-15-7-5-4-6-14(15)3/h4-7,10,12-13,18H,8-9,11H2,1-3H3. The molecule has 3 heteroatoms. The van der Waals surface area contributed by atoms with Gasteiger partial charge < -0.3 is 9.88 Å². The molecule has 0 atom stereocenters. The lowest BCUT2D eigenvalue weighted by atomic mass is 10.1. The third-order valence-corrected chi connectivity index (χ3v) is 3.37. The highest BCUT2D eigenvalue weighted by Gasteiger charge is 2.04. The summed E-state index contributed by atoms with van der Waals surface area (Å²) in [5, 5.41) is 3.44. The predicted octanol–water partition coefficient (Wildman–Crippen LogP) is 2.93. The van der Waals surface area contributed by atoms with Gasteiger partial charge in [-0.3, -0.25) is 0 Å². The fraction of sp³-hybridized carbons (Fsp3) is 0.438. The number of aryl methyl sites for hydroxylation is 3. The summed E-state index contributed by atoms with van der Waals surface area (Å²) in [4.78, 5) is 4.26. The SMILES string of the molecule is Cc1ccccc1CCn1cncc1CNC(C)C. The highest BCUT2D eigenvalue weighted by Crippen LogP contribution is 2.10. The molecule has 0 saturated carbocycles. The van der Waals surface area contributed by atoms with Gasteiger partial charge in [-0.1, -0.05) is 38.1 Å². The quantitative estimate of drug-likeness (QED) is 0.862. The molecular weight excluding hydrogens is 234 g/mol. The molecule has 2 rings (SSSR count). The number of benzene rings is 1. The van der Waals surface area contributed by atoms with Crippen LogP contribution in [0.25, 0.3) is 0 Å². The Bertz CT molecular complexity index is 514. The van der Waals surface area contributed by atoms with Crippen LogP contribution in [0, 0.1) is 6.92 Å². The minimum atomic E-state index is 0.500. The zero-order valence-corrected chi connectivity index (χ0v) is 12.1. The van der Waals surface area contributed by atoms with Gasteiger partial charge in [0.05, 0.1) is 12.0 Å². The maximum absolute atomic E-state index is 4.26. The molecule has 0 amide bonds. The molecule has 0 saturated heterocycles. The lowest BCUT2D eigenvalue weighted by Gasteiger charge is -2.12. The van der Waals surface area contributed by atoms with Crippen molar-refractivity contribution in [3.8, 4) is 0 Å². The first-order valence-electron chi connectivity index (χ1n) is 6.93. The Hall–Kier alpha value is -1.61. The molecule has 0 fully saturated rings. The fourth-order valence-electron chi connectivity index (χ4n) is 2.14. The normalized spacial score (nSPS) is 11.2. The van der Waals surface area contributed by atoms with E-state index in [9.17, 15) is 0 Å². The summed E-state index contributed by atoms with van der Waals surface area (Å²) in [6.07, 6.45) is 4.93. The number of nitrogens with zero attached hydrogens (tertiary/aromatic N) is 2. The van der Waals surface area contributed by atoms with Gasteiger partial charge in [0.15, 0.2) is 0 Å².